The second-order valence-electron chi connectivity index (χ2n) is 6.27. The van der Waals surface area contributed by atoms with Gasteiger partial charge in [-0.1, -0.05) is 36.4 Å². The average molecular weight is 343 g/mol. The van der Waals surface area contributed by atoms with Crippen LogP contribution in [0.5, 0.6) is 0 Å². The van der Waals surface area contributed by atoms with Gasteiger partial charge in [-0.3, -0.25) is 4.79 Å². The minimum atomic E-state index is -0.763. The zero-order valence-corrected chi connectivity index (χ0v) is 14.1. The molecule has 0 saturated carbocycles. The summed E-state index contributed by atoms with van der Waals surface area (Å²) in [6.45, 7) is 3.29. The summed E-state index contributed by atoms with van der Waals surface area (Å²) in [5.74, 6) is -1.91. The van der Waals surface area contributed by atoms with E-state index in [2.05, 4.69) is 23.5 Å². The number of nitrogens with one attached hydrogen (secondary N) is 2. The Bertz CT molecular complexity index is 769. The minimum Gasteiger partial charge on any atom is -0.321 e. The van der Waals surface area contributed by atoms with E-state index in [0.717, 1.165) is 30.0 Å². The Morgan fingerprint density at radius 2 is 1.76 bits per heavy atom. The molecule has 2 aromatic rings. The molecule has 0 aromatic heterocycles. The molecule has 5 heteroatoms. The van der Waals surface area contributed by atoms with Crippen molar-refractivity contribution in [3.05, 3.63) is 71.8 Å². The van der Waals surface area contributed by atoms with E-state index >= 15 is 0 Å². The van der Waals surface area contributed by atoms with E-state index in [1.54, 1.807) is 6.92 Å². The monoisotopic (exact) mass is 343 g/mol. The van der Waals surface area contributed by atoms with Gasteiger partial charge in [0, 0.05) is 6.42 Å². The van der Waals surface area contributed by atoms with E-state index in [1.807, 2.05) is 18.2 Å². The first kappa shape index (κ1) is 17.3. The lowest BCUT2D eigenvalue weighted by Crippen LogP contribution is -3.17. The van der Waals surface area contributed by atoms with Crippen LogP contribution in [0.3, 0.4) is 0 Å². The molecule has 0 aliphatic carbocycles. The largest absolute Gasteiger partial charge is 0.321 e. The topological polar surface area (TPSA) is 33.5 Å². The number of quaternary nitrogens is 1. The summed E-state index contributed by atoms with van der Waals surface area (Å²) in [5, 5.41) is 2.39. The van der Waals surface area contributed by atoms with Crippen LogP contribution in [0.1, 0.15) is 18.9 Å². The summed E-state index contributed by atoms with van der Waals surface area (Å²) in [5.41, 5.74) is 2.10. The SMILES string of the molecule is C[C@@H](C(=O)Nc1c(F)cccc1F)[NH+]1CC=C(c2ccccc2)CC1. The number of carbonyl (C=O) groups excluding carboxylic acids is 1. The number of anilines is 1. The quantitative estimate of drug-likeness (QED) is 0.879. The Morgan fingerprint density at radius 3 is 2.36 bits per heavy atom. The van der Waals surface area contributed by atoms with Crippen LogP contribution in [-0.2, 0) is 4.79 Å². The summed E-state index contributed by atoms with van der Waals surface area (Å²) in [7, 11) is 0. The van der Waals surface area contributed by atoms with Gasteiger partial charge in [0.15, 0.2) is 6.04 Å². The Kier molecular flexibility index (Phi) is 5.24. The van der Waals surface area contributed by atoms with Gasteiger partial charge >= 0.3 is 0 Å². The van der Waals surface area contributed by atoms with E-state index in [1.165, 1.54) is 17.2 Å². The van der Waals surface area contributed by atoms with Crippen LogP contribution in [0.4, 0.5) is 14.5 Å². The highest BCUT2D eigenvalue weighted by molar-refractivity contribution is 5.93. The fourth-order valence-electron chi connectivity index (χ4n) is 3.10. The van der Waals surface area contributed by atoms with Crippen LogP contribution >= 0.6 is 0 Å². The molecule has 3 nitrogen and oxygen atoms in total. The van der Waals surface area contributed by atoms with Crippen molar-refractivity contribution in [1.29, 1.82) is 0 Å². The number of benzene rings is 2. The van der Waals surface area contributed by atoms with Crippen LogP contribution < -0.4 is 10.2 Å². The third-order valence-corrected chi connectivity index (χ3v) is 4.69. The smallest absolute Gasteiger partial charge is 0.282 e. The highest BCUT2D eigenvalue weighted by Gasteiger charge is 2.28. The maximum Gasteiger partial charge on any atom is 0.282 e. The Hall–Kier alpha value is -2.53. The van der Waals surface area contributed by atoms with Crippen molar-refractivity contribution in [3.63, 3.8) is 0 Å². The van der Waals surface area contributed by atoms with Gasteiger partial charge in [-0.05, 0) is 36.3 Å². The number of rotatable bonds is 4. The van der Waals surface area contributed by atoms with E-state index in [9.17, 15) is 13.6 Å². The maximum absolute atomic E-state index is 13.7. The number of carbonyl (C=O) groups is 1. The zero-order valence-electron chi connectivity index (χ0n) is 14.1. The van der Waals surface area contributed by atoms with Crippen LogP contribution in [0, 0.1) is 11.6 Å². The van der Waals surface area contributed by atoms with Gasteiger partial charge in [0.1, 0.15) is 17.3 Å². The lowest BCUT2D eigenvalue weighted by atomic mass is 9.99. The van der Waals surface area contributed by atoms with Crippen molar-refractivity contribution >= 4 is 17.2 Å². The van der Waals surface area contributed by atoms with Crippen molar-refractivity contribution in [2.75, 3.05) is 18.4 Å². The molecular weight excluding hydrogens is 322 g/mol. The third-order valence-electron chi connectivity index (χ3n) is 4.69. The van der Waals surface area contributed by atoms with Crippen molar-refractivity contribution in [2.24, 2.45) is 0 Å². The average Bonchev–Trinajstić information content (AvgIpc) is 2.65. The molecule has 2 atom stereocenters. The summed E-state index contributed by atoms with van der Waals surface area (Å²) in [6.07, 6.45) is 3.01. The Labute approximate surface area is 146 Å². The van der Waals surface area contributed by atoms with Crippen LogP contribution in [0.15, 0.2) is 54.6 Å². The van der Waals surface area contributed by atoms with E-state index in [4.69, 9.17) is 0 Å². The molecule has 25 heavy (non-hydrogen) atoms. The first-order valence-corrected chi connectivity index (χ1v) is 8.40. The molecular formula is C20H21F2N2O+. The first-order valence-electron chi connectivity index (χ1n) is 8.40. The molecule has 1 aliphatic rings. The number of para-hydroxylation sites is 1. The predicted molar refractivity (Wildman–Crippen MR) is 94.2 cm³/mol. The second-order valence-corrected chi connectivity index (χ2v) is 6.27. The van der Waals surface area contributed by atoms with Gasteiger partial charge in [-0.25, -0.2) is 8.78 Å². The summed E-state index contributed by atoms with van der Waals surface area (Å²) in [6, 6.07) is 13.3. The predicted octanol–water partition coefficient (Wildman–Crippen LogP) is 2.66. The van der Waals surface area contributed by atoms with Gasteiger partial charge in [0.25, 0.3) is 5.91 Å². The maximum atomic E-state index is 13.7. The normalized spacial score (nSPS) is 18.4. The second kappa shape index (κ2) is 7.57. The van der Waals surface area contributed by atoms with Gasteiger partial charge < -0.3 is 10.2 Å². The minimum absolute atomic E-state index is 0.378. The van der Waals surface area contributed by atoms with Crippen molar-refractivity contribution < 1.29 is 18.5 Å². The number of hydrogen-bond donors (Lipinski definition) is 2. The molecule has 1 heterocycles. The standard InChI is InChI=1S/C20H20F2N2O/c1-14(20(25)23-19-17(21)8-5-9-18(19)22)24-12-10-16(11-13-24)15-6-3-2-4-7-15/h2-10,14H,11-13H2,1H3,(H,23,25)/p+1/t14-/m0/s1. The van der Waals surface area contributed by atoms with Gasteiger partial charge in [-0.15, -0.1) is 0 Å². The molecule has 0 spiro atoms. The van der Waals surface area contributed by atoms with Gasteiger partial charge in [-0.2, -0.15) is 0 Å². The van der Waals surface area contributed by atoms with Crippen LogP contribution in [0.25, 0.3) is 5.57 Å². The molecule has 0 fully saturated rings. The van der Waals surface area contributed by atoms with E-state index < -0.39 is 17.7 Å². The highest BCUT2D eigenvalue weighted by atomic mass is 19.1. The number of hydrogen-bond acceptors (Lipinski definition) is 1. The lowest BCUT2D eigenvalue weighted by Gasteiger charge is -2.28. The van der Waals surface area contributed by atoms with Gasteiger partial charge in [0.05, 0.1) is 13.1 Å². The summed E-state index contributed by atoms with van der Waals surface area (Å²) >= 11 is 0. The summed E-state index contributed by atoms with van der Waals surface area (Å²) < 4.78 is 27.4. The van der Waals surface area contributed by atoms with E-state index in [0.29, 0.717) is 6.54 Å². The van der Waals surface area contributed by atoms with E-state index in [-0.39, 0.29) is 11.6 Å². The molecule has 0 bridgehead atoms. The summed E-state index contributed by atoms with van der Waals surface area (Å²) in [4.78, 5) is 13.5. The Balaban J connectivity index is 1.65. The number of amides is 1. The molecule has 1 amide bonds. The third kappa shape index (κ3) is 3.94. The molecule has 0 saturated heterocycles. The molecule has 2 N–H and O–H groups in total. The number of halogens is 2. The molecule has 1 aliphatic heterocycles. The fraction of sp³-hybridized carbons (Fsp3) is 0.250. The lowest BCUT2D eigenvalue weighted by molar-refractivity contribution is -0.909. The van der Waals surface area contributed by atoms with Crippen LogP contribution in [-0.4, -0.2) is 25.0 Å². The molecule has 130 valence electrons. The first-order chi connectivity index (χ1) is 12.1. The molecule has 0 radical (unpaired) electrons. The fourth-order valence-corrected chi connectivity index (χ4v) is 3.10. The molecule has 3 rings (SSSR count). The molecule has 1 unspecified atom stereocenters. The van der Waals surface area contributed by atoms with Crippen molar-refractivity contribution in [2.45, 2.75) is 19.4 Å². The van der Waals surface area contributed by atoms with Crippen molar-refractivity contribution in [1.82, 2.24) is 0 Å². The Morgan fingerprint density at radius 1 is 1.08 bits per heavy atom. The highest BCUT2D eigenvalue weighted by Crippen LogP contribution is 2.19. The zero-order chi connectivity index (χ0) is 17.8. The van der Waals surface area contributed by atoms with Crippen molar-refractivity contribution in [3.8, 4) is 0 Å². The van der Waals surface area contributed by atoms with Gasteiger partial charge in [0.2, 0.25) is 0 Å². The van der Waals surface area contributed by atoms with Crippen LogP contribution in [0.2, 0.25) is 0 Å². The molecule has 2 aromatic carbocycles.